The molecule has 8 nitrogen and oxygen atoms in total. The number of nitrogens with zero attached hydrogens (tertiary/aromatic N) is 5. The van der Waals surface area contributed by atoms with Gasteiger partial charge in [0.1, 0.15) is 5.82 Å². The minimum Gasteiger partial charge on any atom is -0.461 e. The summed E-state index contributed by atoms with van der Waals surface area (Å²) in [4.78, 5) is 31.8. The number of H-pyrrole nitrogens is 1. The number of aromatic nitrogens is 5. The van der Waals surface area contributed by atoms with Crippen LogP contribution in [0.3, 0.4) is 0 Å². The van der Waals surface area contributed by atoms with Crippen LogP contribution >= 0.6 is 0 Å². The van der Waals surface area contributed by atoms with E-state index in [1.54, 1.807) is 18.7 Å². The number of imidazole rings is 1. The number of nitrogens with one attached hydrogen (secondary N) is 1. The van der Waals surface area contributed by atoms with Gasteiger partial charge < -0.3 is 14.0 Å². The maximum Gasteiger partial charge on any atom is 0.261 e. The van der Waals surface area contributed by atoms with Crippen LogP contribution in [0.4, 0.5) is 0 Å². The van der Waals surface area contributed by atoms with Gasteiger partial charge in [0.25, 0.3) is 5.56 Å². The molecular formula is C23H22N6O2. The normalized spacial score (nSPS) is 20.5. The largest absolute Gasteiger partial charge is 0.461 e. The van der Waals surface area contributed by atoms with Crippen LogP contribution in [0.2, 0.25) is 0 Å². The van der Waals surface area contributed by atoms with Crippen LogP contribution in [-0.2, 0) is 13.1 Å². The minimum atomic E-state index is 0.0533. The molecule has 0 aliphatic carbocycles. The van der Waals surface area contributed by atoms with Crippen LogP contribution in [-0.4, -0.2) is 42.5 Å². The van der Waals surface area contributed by atoms with Gasteiger partial charge in [0.15, 0.2) is 11.6 Å². The molecule has 2 aliphatic rings. The number of furan rings is 1. The SMILES string of the molecule is O=c1c(-c2ncc[nH]2)ccc2n1C[C@H]1C[C@@H]2CN(Cc2cnc(-c3ccco3)nc2)C1. The highest BCUT2D eigenvalue weighted by Gasteiger charge is 2.35. The molecule has 156 valence electrons. The van der Waals surface area contributed by atoms with Crippen molar-refractivity contribution in [2.75, 3.05) is 13.1 Å². The maximum absolute atomic E-state index is 13.1. The van der Waals surface area contributed by atoms with E-state index in [-0.39, 0.29) is 5.56 Å². The molecule has 0 radical (unpaired) electrons. The number of piperidine rings is 1. The molecule has 6 rings (SSSR count). The molecule has 0 aromatic carbocycles. The molecule has 1 saturated heterocycles. The summed E-state index contributed by atoms with van der Waals surface area (Å²) < 4.78 is 7.33. The molecule has 4 aromatic heterocycles. The summed E-state index contributed by atoms with van der Waals surface area (Å²) in [6.45, 7) is 3.45. The van der Waals surface area contributed by atoms with Crippen molar-refractivity contribution >= 4 is 0 Å². The summed E-state index contributed by atoms with van der Waals surface area (Å²) in [5.74, 6) is 2.73. The van der Waals surface area contributed by atoms with Crippen molar-refractivity contribution < 1.29 is 4.42 Å². The summed E-state index contributed by atoms with van der Waals surface area (Å²) in [5.41, 5.74) is 2.91. The highest BCUT2D eigenvalue weighted by atomic mass is 16.3. The van der Waals surface area contributed by atoms with E-state index in [0.717, 1.165) is 43.9 Å². The quantitative estimate of drug-likeness (QED) is 0.552. The van der Waals surface area contributed by atoms with Crippen molar-refractivity contribution in [3.63, 3.8) is 0 Å². The van der Waals surface area contributed by atoms with E-state index in [4.69, 9.17) is 4.42 Å². The first-order valence-corrected chi connectivity index (χ1v) is 10.6. The first kappa shape index (κ1) is 18.3. The van der Waals surface area contributed by atoms with E-state index in [2.05, 4.69) is 30.9 Å². The molecular weight excluding hydrogens is 392 g/mol. The molecule has 0 saturated carbocycles. The minimum absolute atomic E-state index is 0.0533. The second-order valence-electron chi connectivity index (χ2n) is 8.41. The van der Waals surface area contributed by atoms with Gasteiger partial charge in [0.2, 0.25) is 0 Å². The average Bonchev–Trinajstić information content (AvgIpc) is 3.50. The molecule has 6 heterocycles. The van der Waals surface area contributed by atoms with Crippen LogP contribution in [0.25, 0.3) is 23.0 Å². The highest BCUT2D eigenvalue weighted by Crippen LogP contribution is 2.36. The number of fused-ring (bicyclic) bond motifs is 4. The summed E-state index contributed by atoms with van der Waals surface area (Å²) in [6.07, 6.45) is 9.93. The van der Waals surface area contributed by atoms with Crippen molar-refractivity contribution in [2.24, 2.45) is 5.92 Å². The zero-order valence-corrected chi connectivity index (χ0v) is 16.9. The van der Waals surface area contributed by atoms with Gasteiger partial charge >= 0.3 is 0 Å². The Hall–Kier alpha value is -3.52. The van der Waals surface area contributed by atoms with Crippen LogP contribution in [0, 0.1) is 5.92 Å². The van der Waals surface area contributed by atoms with E-state index in [1.165, 1.54) is 0 Å². The number of rotatable bonds is 4. The number of hydrogen-bond acceptors (Lipinski definition) is 6. The Morgan fingerprint density at radius 3 is 2.77 bits per heavy atom. The number of hydrogen-bond donors (Lipinski definition) is 1. The van der Waals surface area contributed by atoms with Gasteiger partial charge in [-0.15, -0.1) is 0 Å². The molecule has 2 aliphatic heterocycles. The van der Waals surface area contributed by atoms with E-state index in [9.17, 15) is 4.79 Å². The third kappa shape index (κ3) is 3.29. The maximum atomic E-state index is 13.1. The summed E-state index contributed by atoms with van der Waals surface area (Å²) >= 11 is 0. The summed E-state index contributed by atoms with van der Waals surface area (Å²) in [7, 11) is 0. The number of aromatic amines is 1. The molecule has 0 unspecified atom stereocenters. The first-order chi connectivity index (χ1) is 15.2. The zero-order chi connectivity index (χ0) is 20.8. The second kappa shape index (κ2) is 7.31. The van der Waals surface area contributed by atoms with Gasteiger partial charge in [0, 0.05) is 68.1 Å². The average molecular weight is 414 g/mol. The Morgan fingerprint density at radius 1 is 1.10 bits per heavy atom. The lowest BCUT2D eigenvalue weighted by molar-refractivity contribution is 0.114. The summed E-state index contributed by atoms with van der Waals surface area (Å²) in [5, 5.41) is 0. The lowest BCUT2D eigenvalue weighted by Gasteiger charge is -2.42. The van der Waals surface area contributed by atoms with E-state index < -0.39 is 0 Å². The first-order valence-electron chi connectivity index (χ1n) is 10.6. The molecule has 1 N–H and O–H groups in total. The fraction of sp³-hybridized carbons (Fsp3) is 0.304. The van der Waals surface area contributed by atoms with Gasteiger partial charge in [-0.05, 0) is 36.6 Å². The van der Waals surface area contributed by atoms with Gasteiger partial charge in [-0.1, -0.05) is 0 Å². The molecule has 8 heteroatoms. The van der Waals surface area contributed by atoms with Crippen LogP contribution < -0.4 is 5.56 Å². The van der Waals surface area contributed by atoms with Crippen molar-refractivity contribution in [3.8, 4) is 23.0 Å². The number of likely N-dealkylation sites (tertiary alicyclic amines) is 1. The molecule has 0 spiro atoms. The fourth-order valence-electron chi connectivity index (χ4n) is 4.99. The van der Waals surface area contributed by atoms with Crippen molar-refractivity contribution in [1.29, 1.82) is 0 Å². The smallest absolute Gasteiger partial charge is 0.261 e. The topological polar surface area (TPSA) is 92.8 Å². The van der Waals surface area contributed by atoms with E-state index in [0.29, 0.717) is 34.8 Å². The molecule has 2 atom stereocenters. The lowest BCUT2D eigenvalue weighted by Crippen LogP contribution is -2.47. The highest BCUT2D eigenvalue weighted by molar-refractivity contribution is 5.53. The molecule has 31 heavy (non-hydrogen) atoms. The molecule has 0 amide bonds. The monoisotopic (exact) mass is 414 g/mol. The molecule has 2 bridgehead atoms. The van der Waals surface area contributed by atoms with Crippen molar-refractivity contribution in [2.45, 2.75) is 25.4 Å². The summed E-state index contributed by atoms with van der Waals surface area (Å²) in [6, 6.07) is 7.70. The number of pyridine rings is 1. The second-order valence-corrected chi connectivity index (χ2v) is 8.41. The van der Waals surface area contributed by atoms with Crippen LogP contribution in [0.1, 0.15) is 23.6 Å². The molecule has 1 fully saturated rings. The molecule has 4 aromatic rings. The van der Waals surface area contributed by atoms with E-state index >= 15 is 0 Å². The third-order valence-electron chi connectivity index (χ3n) is 6.29. The third-order valence-corrected chi connectivity index (χ3v) is 6.29. The van der Waals surface area contributed by atoms with Crippen molar-refractivity contribution in [3.05, 3.63) is 76.9 Å². The van der Waals surface area contributed by atoms with Gasteiger partial charge in [-0.2, -0.15) is 0 Å². The Morgan fingerprint density at radius 2 is 2.00 bits per heavy atom. The van der Waals surface area contributed by atoms with E-state index in [1.807, 2.05) is 35.2 Å². The van der Waals surface area contributed by atoms with Gasteiger partial charge in [0.05, 0.1) is 11.8 Å². The van der Waals surface area contributed by atoms with Gasteiger partial charge in [-0.25, -0.2) is 15.0 Å². The van der Waals surface area contributed by atoms with Gasteiger partial charge in [-0.3, -0.25) is 9.69 Å². The zero-order valence-electron chi connectivity index (χ0n) is 16.9. The predicted octanol–water partition coefficient (Wildman–Crippen LogP) is 2.91. The Balaban J connectivity index is 1.22. The Bertz CT molecular complexity index is 1240. The lowest BCUT2D eigenvalue weighted by atomic mass is 9.83. The Kier molecular flexibility index (Phi) is 4.31. The Labute approximate surface area is 178 Å². The fourth-order valence-corrected chi connectivity index (χ4v) is 4.99. The predicted molar refractivity (Wildman–Crippen MR) is 114 cm³/mol. The standard InChI is InChI=1S/C23H22N6O2/c30-23-18(21-24-5-6-25-21)3-4-19-17-8-15(13-29(19)23)11-28(14-17)12-16-9-26-22(27-10-16)20-2-1-7-31-20/h1-7,9-10,15,17H,8,11-14H2,(H,24,25)/t15-,17+/m0/s1. The van der Waals surface area contributed by atoms with Crippen molar-refractivity contribution in [1.82, 2.24) is 29.4 Å². The van der Waals surface area contributed by atoms with Crippen LogP contribution in [0.5, 0.6) is 0 Å². The van der Waals surface area contributed by atoms with Crippen LogP contribution in [0.15, 0.2) is 64.5 Å².